The van der Waals surface area contributed by atoms with Gasteiger partial charge in [-0.15, -0.1) is 5.10 Å². The summed E-state index contributed by atoms with van der Waals surface area (Å²) in [5, 5.41) is 19.1. The zero-order valence-electron chi connectivity index (χ0n) is 9.34. The smallest absolute Gasteiger partial charge is 0.208 e. The second-order valence-corrected chi connectivity index (χ2v) is 5.19. The molecule has 92 valence electrons. The molecule has 17 heavy (non-hydrogen) atoms. The molecular weight excluding hydrogens is 242 g/mol. The van der Waals surface area contributed by atoms with Crippen molar-refractivity contribution in [3.8, 4) is 6.07 Å². The number of sulfonamides is 1. The number of nitriles is 1. The highest BCUT2D eigenvalue weighted by atomic mass is 32.2. The average molecular weight is 255 g/mol. The predicted molar refractivity (Wildman–Crippen MR) is 62.7 cm³/mol. The maximum atomic E-state index is 10.8. The first-order valence-electron chi connectivity index (χ1n) is 4.93. The summed E-state index contributed by atoms with van der Waals surface area (Å²) in [6.07, 6.45) is 3.14. The van der Waals surface area contributed by atoms with Crippen molar-refractivity contribution in [1.82, 2.24) is 14.9 Å². The van der Waals surface area contributed by atoms with Gasteiger partial charge in [0.15, 0.2) is 5.82 Å². The van der Waals surface area contributed by atoms with E-state index in [-0.39, 0.29) is 0 Å². The Morgan fingerprint density at radius 1 is 1.47 bits per heavy atom. The molecular formula is C9H13N5O2S. The SMILES string of the molecule is CS(=O)(=O)NCCCNc1nnccc1C#N. The molecule has 0 aliphatic rings. The second-order valence-electron chi connectivity index (χ2n) is 3.35. The van der Waals surface area contributed by atoms with Crippen LogP contribution >= 0.6 is 0 Å². The molecule has 0 saturated heterocycles. The van der Waals surface area contributed by atoms with Gasteiger partial charge in [0, 0.05) is 13.1 Å². The van der Waals surface area contributed by atoms with Crippen LogP contribution < -0.4 is 10.0 Å². The quantitative estimate of drug-likeness (QED) is 0.676. The third-order valence-electron chi connectivity index (χ3n) is 1.85. The summed E-state index contributed by atoms with van der Waals surface area (Å²) in [6.45, 7) is 0.851. The van der Waals surface area contributed by atoms with E-state index in [2.05, 4.69) is 20.2 Å². The minimum absolute atomic E-state index is 0.341. The average Bonchev–Trinajstić information content (AvgIpc) is 2.27. The lowest BCUT2D eigenvalue weighted by Crippen LogP contribution is -2.24. The van der Waals surface area contributed by atoms with Crippen LogP contribution in [0.25, 0.3) is 0 Å². The third kappa shape index (κ3) is 5.24. The van der Waals surface area contributed by atoms with Crippen molar-refractivity contribution in [2.45, 2.75) is 6.42 Å². The maximum Gasteiger partial charge on any atom is 0.208 e. The van der Waals surface area contributed by atoms with Crippen LogP contribution in [0.3, 0.4) is 0 Å². The van der Waals surface area contributed by atoms with Crippen LogP contribution in [0.2, 0.25) is 0 Å². The Morgan fingerprint density at radius 3 is 2.88 bits per heavy atom. The molecule has 0 radical (unpaired) electrons. The Bertz CT molecular complexity index is 508. The lowest BCUT2D eigenvalue weighted by atomic mass is 10.3. The van der Waals surface area contributed by atoms with E-state index in [1.807, 2.05) is 6.07 Å². The van der Waals surface area contributed by atoms with Crippen molar-refractivity contribution in [1.29, 1.82) is 5.26 Å². The van der Waals surface area contributed by atoms with Gasteiger partial charge >= 0.3 is 0 Å². The molecule has 1 heterocycles. The number of aromatic nitrogens is 2. The number of hydrogen-bond donors (Lipinski definition) is 2. The first-order valence-corrected chi connectivity index (χ1v) is 6.82. The molecule has 0 fully saturated rings. The first kappa shape index (κ1) is 13.3. The summed E-state index contributed by atoms with van der Waals surface area (Å²) in [7, 11) is -3.14. The number of anilines is 1. The van der Waals surface area contributed by atoms with E-state index in [0.29, 0.717) is 30.9 Å². The van der Waals surface area contributed by atoms with Crippen molar-refractivity contribution in [2.75, 3.05) is 24.7 Å². The van der Waals surface area contributed by atoms with Gasteiger partial charge in [-0.25, -0.2) is 13.1 Å². The number of hydrogen-bond acceptors (Lipinski definition) is 6. The van der Waals surface area contributed by atoms with Crippen LogP contribution in [-0.4, -0.2) is 38.0 Å². The summed E-state index contributed by atoms with van der Waals surface area (Å²) < 4.78 is 23.9. The summed E-state index contributed by atoms with van der Waals surface area (Å²) >= 11 is 0. The second kappa shape index (κ2) is 6.12. The molecule has 0 atom stereocenters. The normalized spacial score (nSPS) is 10.8. The van der Waals surface area contributed by atoms with Crippen LogP contribution in [0, 0.1) is 11.3 Å². The van der Waals surface area contributed by atoms with Crippen LogP contribution in [-0.2, 0) is 10.0 Å². The van der Waals surface area contributed by atoms with Gasteiger partial charge in [-0.3, -0.25) is 0 Å². The van der Waals surface area contributed by atoms with Gasteiger partial charge in [-0.1, -0.05) is 0 Å². The molecule has 0 amide bonds. The van der Waals surface area contributed by atoms with Crippen molar-refractivity contribution in [2.24, 2.45) is 0 Å². The van der Waals surface area contributed by atoms with Crippen molar-refractivity contribution in [3.63, 3.8) is 0 Å². The third-order valence-corrected chi connectivity index (χ3v) is 2.58. The highest BCUT2D eigenvalue weighted by molar-refractivity contribution is 7.88. The van der Waals surface area contributed by atoms with E-state index in [4.69, 9.17) is 5.26 Å². The maximum absolute atomic E-state index is 10.8. The van der Waals surface area contributed by atoms with Gasteiger partial charge in [-0.05, 0) is 12.5 Å². The zero-order valence-corrected chi connectivity index (χ0v) is 10.2. The number of nitrogens with one attached hydrogen (secondary N) is 2. The minimum atomic E-state index is -3.14. The van der Waals surface area contributed by atoms with Gasteiger partial charge in [0.1, 0.15) is 6.07 Å². The molecule has 8 heteroatoms. The molecule has 1 aromatic heterocycles. The molecule has 0 bridgehead atoms. The van der Waals surface area contributed by atoms with Gasteiger partial charge < -0.3 is 5.32 Å². The van der Waals surface area contributed by atoms with Crippen molar-refractivity contribution < 1.29 is 8.42 Å². The van der Waals surface area contributed by atoms with Crippen LogP contribution in [0.1, 0.15) is 12.0 Å². The Kier molecular flexibility index (Phi) is 4.81. The van der Waals surface area contributed by atoms with Crippen molar-refractivity contribution in [3.05, 3.63) is 17.8 Å². The molecule has 1 aromatic rings. The molecule has 7 nitrogen and oxygen atoms in total. The molecule has 0 saturated carbocycles. The van der Waals surface area contributed by atoms with Gasteiger partial charge in [0.05, 0.1) is 18.0 Å². The standard InChI is InChI=1S/C9H13N5O2S/c1-17(15,16)13-5-2-4-11-9-8(7-10)3-6-12-14-9/h3,6,13H,2,4-5H2,1H3,(H,11,14). The molecule has 0 aliphatic carbocycles. The lowest BCUT2D eigenvalue weighted by molar-refractivity contribution is 0.586. The highest BCUT2D eigenvalue weighted by Gasteiger charge is 2.02. The molecule has 0 unspecified atom stereocenters. The highest BCUT2D eigenvalue weighted by Crippen LogP contribution is 2.07. The van der Waals surface area contributed by atoms with Crippen LogP contribution in [0.15, 0.2) is 12.3 Å². The molecule has 2 N–H and O–H groups in total. The summed E-state index contributed by atoms with van der Waals surface area (Å²) in [5.41, 5.74) is 0.413. The fourth-order valence-electron chi connectivity index (χ4n) is 1.11. The van der Waals surface area contributed by atoms with Crippen molar-refractivity contribution >= 4 is 15.8 Å². The molecule has 0 aromatic carbocycles. The monoisotopic (exact) mass is 255 g/mol. The van der Waals surface area contributed by atoms with E-state index in [1.54, 1.807) is 6.07 Å². The van der Waals surface area contributed by atoms with E-state index in [9.17, 15) is 8.42 Å². The molecule has 0 spiro atoms. The number of nitrogens with zero attached hydrogens (tertiary/aromatic N) is 3. The zero-order chi connectivity index (χ0) is 12.7. The minimum Gasteiger partial charge on any atom is -0.367 e. The predicted octanol–water partition coefficient (Wildman–Crippen LogP) is -0.301. The fourth-order valence-corrected chi connectivity index (χ4v) is 1.62. The first-order chi connectivity index (χ1) is 8.03. The van der Waals surface area contributed by atoms with E-state index >= 15 is 0 Å². The van der Waals surface area contributed by atoms with E-state index < -0.39 is 10.0 Å². The van der Waals surface area contributed by atoms with Gasteiger partial charge in [0.25, 0.3) is 0 Å². The van der Waals surface area contributed by atoms with E-state index in [1.165, 1.54) is 6.20 Å². The summed E-state index contributed by atoms with van der Waals surface area (Å²) in [6, 6.07) is 3.54. The largest absolute Gasteiger partial charge is 0.367 e. The Morgan fingerprint density at radius 2 is 2.24 bits per heavy atom. The van der Waals surface area contributed by atoms with Crippen LogP contribution in [0.4, 0.5) is 5.82 Å². The fraction of sp³-hybridized carbons (Fsp3) is 0.444. The molecule has 1 rings (SSSR count). The van der Waals surface area contributed by atoms with Crippen LogP contribution in [0.5, 0.6) is 0 Å². The lowest BCUT2D eigenvalue weighted by Gasteiger charge is -2.06. The Balaban J connectivity index is 2.34. The van der Waals surface area contributed by atoms with E-state index in [0.717, 1.165) is 6.26 Å². The van der Waals surface area contributed by atoms with Gasteiger partial charge in [-0.2, -0.15) is 10.4 Å². The van der Waals surface area contributed by atoms with Gasteiger partial charge in [0.2, 0.25) is 10.0 Å². The topological polar surface area (TPSA) is 108 Å². The number of rotatable bonds is 6. The summed E-state index contributed by atoms with van der Waals surface area (Å²) in [4.78, 5) is 0. The Hall–Kier alpha value is -1.72. The summed E-state index contributed by atoms with van der Waals surface area (Å²) in [5.74, 6) is 0.411. The molecule has 0 aliphatic heterocycles. The Labute approximate surface area is 99.9 Å².